The van der Waals surface area contributed by atoms with Crippen LogP contribution in [0.25, 0.3) is 0 Å². The van der Waals surface area contributed by atoms with Crippen LogP contribution >= 0.6 is 11.6 Å². The molecule has 0 aliphatic heterocycles. The Morgan fingerprint density at radius 2 is 2.11 bits per heavy atom. The van der Waals surface area contributed by atoms with Gasteiger partial charge in [0.1, 0.15) is 6.26 Å². The van der Waals surface area contributed by atoms with Gasteiger partial charge in [-0.3, -0.25) is 0 Å². The van der Waals surface area contributed by atoms with Crippen LogP contribution in [-0.4, -0.2) is 16.1 Å². The summed E-state index contributed by atoms with van der Waals surface area (Å²) in [6, 6.07) is 7.43. The van der Waals surface area contributed by atoms with Crippen molar-refractivity contribution in [2.75, 3.05) is 5.32 Å². The van der Waals surface area contributed by atoms with Gasteiger partial charge in [-0.2, -0.15) is 4.98 Å². The molecule has 0 saturated carbocycles. The first-order valence-corrected chi connectivity index (χ1v) is 5.65. The number of carbonyl (C=O) groups is 1. The van der Waals surface area contributed by atoms with E-state index in [4.69, 9.17) is 21.1 Å². The number of rotatable bonds is 4. The highest BCUT2D eigenvalue weighted by atomic mass is 35.5. The van der Waals surface area contributed by atoms with Gasteiger partial charge in [0.25, 0.3) is 6.01 Å². The van der Waals surface area contributed by atoms with Crippen LogP contribution in [0.5, 0.6) is 0 Å². The minimum Gasteiger partial charge on any atom is -0.476 e. The Kier molecular flexibility index (Phi) is 3.53. The second-order valence-corrected chi connectivity index (χ2v) is 4.20. The summed E-state index contributed by atoms with van der Waals surface area (Å²) in [6.07, 6.45) is 1.10. The maximum Gasteiger partial charge on any atom is 0.357 e. The molecule has 0 radical (unpaired) electrons. The number of nitrogens with zero attached hydrogens (tertiary/aromatic N) is 1. The van der Waals surface area contributed by atoms with E-state index in [0.29, 0.717) is 5.02 Å². The van der Waals surface area contributed by atoms with Crippen LogP contribution < -0.4 is 5.32 Å². The van der Waals surface area contributed by atoms with E-state index in [1.165, 1.54) is 0 Å². The zero-order chi connectivity index (χ0) is 13.1. The monoisotopic (exact) mass is 266 g/mol. The van der Waals surface area contributed by atoms with Gasteiger partial charge in [0, 0.05) is 5.02 Å². The number of nitrogens with one attached hydrogen (secondary N) is 1. The van der Waals surface area contributed by atoms with Gasteiger partial charge in [0.15, 0.2) is 5.69 Å². The summed E-state index contributed by atoms with van der Waals surface area (Å²) in [7, 11) is 0. The van der Waals surface area contributed by atoms with Crippen molar-refractivity contribution < 1.29 is 14.3 Å². The van der Waals surface area contributed by atoms with Gasteiger partial charge in [-0.05, 0) is 24.6 Å². The molecule has 0 amide bonds. The van der Waals surface area contributed by atoms with Crippen molar-refractivity contribution in [3.63, 3.8) is 0 Å². The minimum absolute atomic E-state index is 0.0671. The maximum absolute atomic E-state index is 10.6. The Morgan fingerprint density at radius 3 is 2.67 bits per heavy atom. The summed E-state index contributed by atoms with van der Waals surface area (Å²) in [4.78, 5) is 14.4. The third kappa shape index (κ3) is 2.81. The molecule has 0 bridgehead atoms. The van der Waals surface area contributed by atoms with Crippen LogP contribution in [0.1, 0.15) is 29.0 Å². The first-order chi connectivity index (χ1) is 8.56. The molecule has 0 fully saturated rings. The molecule has 2 aromatic rings. The molecule has 1 unspecified atom stereocenters. The normalized spacial score (nSPS) is 12.1. The van der Waals surface area contributed by atoms with Gasteiger partial charge in [-0.15, -0.1) is 0 Å². The molecule has 1 atom stereocenters. The number of aromatic carboxylic acids is 1. The molecule has 0 aliphatic carbocycles. The van der Waals surface area contributed by atoms with E-state index in [0.717, 1.165) is 11.8 Å². The Morgan fingerprint density at radius 1 is 1.44 bits per heavy atom. The Bertz CT molecular complexity index is 551. The molecular weight excluding hydrogens is 256 g/mol. The highest BCUT2D eigenvalue weighted by Crippen LogP contribution is 2.20. The Labute approximate surface area is 108 Å². The molecule has 94 valence electrons. The third-order valence-electron chi connectivity index (χ3n) is 2.43. The van der Waals surface area contributed by atoms with Crippen LogP contribution in [0.4, 0.5) is 6.01 Å². The highest BCUT2D eigenvalue weighted by molar-refractivity contribution is 6.30. The number of carboxylic acid groups (broad SMARTS) is 1. The molecule has 2 rings (SSSR count). The standard InChI is InChI=1S/C12H11ClN2O3/c1-7(8-2-4-9(13)5-3-8)14-12-15-10(6-18-12)11(16)17/h2-7H,1H3,(H,14,15)(H,16,17). The lowest BCUT2D eigenvalue weighted by Crippen LogP contribution is -2.07. The van der Waals surface area contributed by atoms with Crippen LogP contribution in [-0.2, 0) is 0 Å². The third-order valence-corrected chi connectivity index (χ3v) is 2.69. The molecule has 18 heavy (non-hydrogen) atoms. The van der Waals surface area contributed by atoms with E-state index < -0.39 is 5.97 Å². The van der Waals surface area contributed by atoms with Crippen molar-refractivity contribution in [3.05, 3.63) is 46.8 Å². The minimum atomic E-state index is -1.12. The van der Waals surface area contributed by atoms with Gasteiger partial charge < -0.3 is 14.8 Å². The first-order valence-electron chi connectivity index (χ1n) is 5.27. The topological polar surface area (TPSA) is 75.4 Å². The van der Waals surface area contributed by atoms with Crippen molar-refractivity contribution in [2.24, 2.45) is 0 Å². The molecule has 6 heteroatoms. The predicted octanol–water partition coefficient (Wildman–Crippen LogP) is 3.20. The summed E-state index contributed by atoms with van der Waals surface area (Å²) in [5.41, 5.74) is 0.871. The van der Waals surface area contributed by atoms with E-state index >= 15 is 0 Å². The number of hydrogen-bond acceptors (Lipinski definition) is 4. The first kappa shape index (κ1) is 12.4. The lowest BCUT2D eigenvalue weighted by molar-refractivity contribution is 0.0690. The molecule has 0 aliphatic rings. The van der Waals surface area contributed by atoms with Crippen molar-refractivity contribution in [3.8, 4) is 0 Å². The van der Waals surface area contributed by atoms with Crippen molar-refractivity contribution in [1.29, 1.82) is 0 Å². The molecule has 0 spiro atoms. The van der Waals surface area contributed by atoms with E-state index in [9.17, 15) is 4.79 Å². The van der Waals surface area contributed by atoms with Gasteiger partial charge in [0.2, 0.25) is 0 Å². The van der Waals surface area contributed by atoms with Crippen molar-refractivity contribution in [2.45, 2.75) is 13.0 Å². The zero-order valence-electron chi connectivity index (χ0n) is 9.55. The maximum atomic E-state index is 10.6. The Hall–Kier alpha value is -2.01. The number of anilines is 1. The van der Waals surface area contributed by atoms with E-state index in [1.54, 1.807) is 12.1 Å². The van der Waals surface area contributed by atoms with Gasteiger partial charge in [-0.25, -0.2) is 4.79 Å². The summed E-state index contributed by atoms with van der Waals surface area (Å²) in [5, 5.41) is 12.3. The number of oxazole rings is 1. The highest BCUT2D eigenvalue weighted by Gasteiger charge is 2.12. The second-order valence-electron chi connectivity index (χ2n) is 3.76. The molecular formula is C12H11ClN2O3. The smallest absolute Gasteiger partial charge is 0.357 e. The summed E-state index contributed by atoms with van der Waals surface area (Å²) in [6.45, 7) is 1.91. The van der Waals surface area contributed by atoms with E-state index in [2.05, 4.69) is 10.3 Å². The molecule has 1 aromatic carbocycles. The van der Waals surface area contributed by atoms with Crippen molar-refractivity contribution in [1.82, 2.24) is 4.98 Å². The Balaban J connectivity index is 2.08. The summed E-state index contributed by atoms with van der Waals surface area (Å²) < 4.78 is 5.01. The average molecular weight is 267 g/mol. The number of aromatic nitrogens is 1. The lowest BCUT2D eigenvalue weighted by Gasteiger charge is -2.12. The average Bonchev–Trinajstić information content (AvgIpc) is 2.78. The van der Waals surface area contributed by atoms with Gasteiger partial charge in [0.05, 0.1) is 6.04 Å². The number of carboxylic acids is 1. The van der Waals surface area contributed by atoms with Gasteiger partial charge >= 0.3 is 5.97 Å². The molecule has 1 aromatic heterocycles. The largest absolute Gasteiger partial charge is 0.476 e. The SMILES string of the molecule is CC(Nc1nc(C(=O)O)co1)c1ccc(Cl)cc1. The van der Waals surface area contributed by atoms with E-state index in [-0.39, 0.29) is 17.8 Å². The molecule has 0 saturated heterocycles. The van der Waals surface area contributed by atoms with Gasteiger partial charge in [-0.1, -0.05) is 23.7 Å². The fourth-order valence-corrected chi connectivity index (χ4v) is 1.58. The number of halogens is 1. The van der Waals surface area contributed by atoms with Crippen LogP contribution in [0.3, 0.4) is 0 Å². The summed E-state index contributed by atoms with van der Waals surface area (Å²) in [5.74, 6) is -1.12. The molecule has 1 heterocycles. The van der Waals surface area contributed by atoms with Crippen LogP contribution in [0, 0.1) is 0 Å². The second kappa shape index (κ2) is 5.10. The molecule has 5 nitrogen and oxygen atoms in total. The van der Waals surface area contributed by atoms with Crippen LogP contribution in [0.15, 0.2) is 34.9 Å². The lowest BCUT2D eigenvalue weighted by atomic mass is 10.1. The zero-order valence-corrected chi connectivity index (χ0v) is 10.3. The quantitative estimate of drug-likeness (QED) is 0.889. The van der Waals surface area contributed by atoms with E-state index in [1.807, 2.05) is 19.1 Å². The fourth-order valence-electron chi connectivity index (χ4n) is 1.46. The summed E-state index contributed by atoms with van der Waals surface area (Å²) >= 11 is 5.80. The van der Waals surface area contributed by atoms with Crippen molar-refractivity contribution >= 4 is 23.6 Å². The fraction of sp³-hybridized carbons (Fsp3) is 0.167. The predicted molar refractivity (Wildman–Crippen MR) is 67.0 cm³/mol. The number of hydrogen-bond donors (Lipinski definition) is 2. The number of benzene rings is 1. The molecule has 2 N–H and O–H groups in total. The van der Waals surface area contributed by atoms with Crippen LogP contribution in [0.2, 0.25) is 5.02 Å².